The van der Waals surface area contributed by atoms with Gasteiger partial charge in [0.25, 0.3) is 5.69 Å². The molecule has 0 saturated heterocycles. The van der Waals surface area contributed by atoms with Gasteiger partial charge in [-0.3, -0.25) is 10.1 Å². The van der Waals surface area contributed by atoms with E-state index in [1.807, 2.05) is 0 Å². The molecule has 2 aliphatic heterocycles. The van der Waals surface area contributed by atoms with Crippen molar-refractivity contribution >= 4 is 11.7 Å². The molecule has 2 aliphatic rings. The zero-order valence-corrected chi connectivity index (χ0v) is 7.30. The maximum absolute atomic E-state index is 10.6. The van der Waals surface area contributed by atoms with Crippen molar-refractivity contribution in [3.63, 3.8) is 0 Å². The number of carbonyl (C=O) groups is 1. The van der Waals surface area contributed by atoms with Crippen LogP contribution in [0.2, 0.25) is 0 Å². The normalized spacial score (nSPS) is 10.4. The highest BCUT2D eigenvalue weighted by Crippen LogP contribution is 2.24. The van der Waals surface area contributed by atoms with Crippen molar-refractivity contribution in [3.8, 4) is 11.4 Å². The van der Waals surface area contributed by atoms with Gasteiger partial charge in [-0.25, -0.2) is 9.78 Å². The van der Waals surface area contributed by atoms with Crippen molar-refractivity contribution in [1.82, 2.24) is 9.97 Å². The summed E-state index contributed by atoms with van der Waals surface area (Å²) in [6.45, 7) is 0. The molecular weight excluding hydrogens is 202 g/mol. The first-order valence-electron chi connectivity index (χ1n) is 3.95. The molecule has 0 saturated carbocycles. The molecule has 15 heavy (non-hydrogen) atoms. The second kappa shape index (κ2) is 3.05. The number of carboxylic acids is 1. The Bertz CT molecular complexity index is 507. The number of aromatic carboxylic acids is 1. The van der Waals surface area contributed by atoms with Crippen molar-refractivity contribution in [3.05, 3.63) is 34.1 Å². The van der Waals surface area contributed by atoms with Crippen LogP contribution in [-0.4, -0.2) is 26.0 Å². The van der Waals surface area contributed by atoms with Crippen molar-refractivity contribution in [2.75, 3.05) is 0 Å². The van der Waals surface area contributed by atoms with E-state index in [2.05, 4.69) is 9.97 Å². The Morgan fingerprint density at radius 1 is 1.53 bits per heavy atom. The largest absolute Gasteiger partial charge is 0.477 e. The van der Waals surface area contributed by atoms with E-state index in [4.69, 9.17) is 5.11 Å². The summed E-state index contributed by atoms with van der Waals surface area (Å²) in [5.74, 6) is -0.847. The zero-order chi connectivity index (χ0) is 11.0. The smallest absolute Gasteiger partial charge is 0.354 e. The number of carboxylic acid groups (broad SMARTS) is 1. The minimum absolute atomic E-state index is 0.133. The highest BCUT2D eigenvalue weighted by molar-refractivity contribution is 5.88. The summed E-state index contributed by atoms with van der Waals surface area (Å²) in [4.78, 5) is 26.7. The summed E-state index contributed by atoms with van der Waals surface area (Å²) < 4.78 is 0. The molecular formula is C8H5N3O4. The summed E-state index contributed by atoms with van der Waals surface area (Å²) in [5.41, 5.74) is 0.134. The number of nitrogens with one attached hydrogen (secondary N) is 1. The van der Waals surface area contributed by atoms with Crippen LogP contribution in [0.25, 0.3) is 11.4 Å². The molecule has 0 aromatic heterocycles. The van der Waals surface area contributed by atoms with E-state index in [9.17, 15) is 14.9 Å². The molecule has 0 fully saturated rings. The monoisotopic (exact) mass is 207 g/mol. The molecule has 0 aromatic rings. The number of aromatic amines is 1. The Kier molecular flexibility index (Phi) is 1.86. The van der Waals surface area contributed by atoms with E-state index < -0.39 is 10.9 Å². The summed E-state index contributed by atoms with van der Waals surface area (Å²) in [7, 11) is 0. The minimum atomic E-state index is -1.16. The maximum atomic E-state index is 10.6. The fraction of sp³-hybridized carbons (Fsp3) is 0. The molecule has 0 unspecified atom stereocenters. The predicted molar refractivity (Wildman–Crippen MR) is 48.8 cm³/mol. The Balaban J connectivity index is 2.58. The number of aromatic nitrogens is 2. The molecule has 0 bridgehead atoms. The third-order valence-electron chi connectivity index (χ3n) is 1.89. The second-order valence-electron chi connectivity index (χ2n) is 2.87. The summed E-state index contributed by atoms with van der Waals surface area (Å²) in [6.07, 6.45) is 1.17. The topological polar surface area (TPSA) is 109 Å². The summed E-state index contributed by atoms with van der Waals surface area (Å²) >= 11 is 0. The summed E-state index contributed by atoms with van der Waals surface area (Å²) in [6, 6.07) is 2.55. The molecule has 2 rings (SSSR count). The number of pyridine rings is 1. The molecule has 0 spiro atoms. The van der Waals surface area contributed by atoms with Crippen LogP contribution in [0.1, 0.15) is 10.5 Å². The fourth-order valence-electron chi connectivity index (χ4n) is 1.22. The van der Waals surface area contributed by atoms with Gasteiger partial charge in [-0.05, 0) is 6.07 Å². The van der Waals surface area contributed by atoms with Crippen LogP contribution >= 0.6 is 0 Å². The van der Waals surface area contributed by atoms with Crippen LogP contribution in [0, 0.1) is 10.1 Å². The van der Waals surface area contributed by atoms with Gasteiger partial charge >= 0.3 is 5.97 Å². The SMILES string of the molecule is O=C(O)c1cc2cc([N+](=O)[O-])c[nH]c-2n1. The van der Waals surface area contributed by atoms with Gasteiger partial charge in [0.2, 0.25) is 0 Å². The second-order valence-corrected chi connectivity index (χ2v) is 2.87. The molecule has 0 aliphatic carbocycles. The molecule has 7 nitrogen and oxygen atoms in total. The third kappa shape index (κ3) is 1.50. The Labute approximate surface area is 82.9 Å². The van der Waals surface area contributed by atoms with Crippen LogP contribution < -0.4 is 0 Å². The van der Waals surface area contributed by atoms with Crippen molar-refractivity contribution < 1.29 is 14.8 Å². The van der Waals surface area contributed by atoms with Gasteiger partial charge in [0.05, 0.1) is 11.1 Å². The first-order chi connectivity index (χ1) is 7.08. The van der Waals surface area contributed by atoms with E-state index >= 15 is 0 Å². The van der Waals surface area contributed by atoms with Gasteiger partial charge in [0, 0.05) is 11.6 Å². The molecule has 0 radical (unpaired) electrons. The Hall–Kier alpha value is -2.44. The van der Waals surface area contributed by atoms with E-state index in [0.29, 0.717) is 11.4 Å². The van der Waals surface area contributed by atoms with E-state index in [1.54, 1.807) is 0 Å². The number of H-pyrrole nitrogens is 1. The molecule has 0 aromatic carbocycles. The lowest BCUT2D eigenvalue weighted by Crippen LogP contribution is -1.95. The highest BCUT2D eigenvalue weighted by Gasteiger charge is 2.17. The Morgan fingerprint density at radius 3 is 2.87 bits per heavy atom. The predicted octanol–water partition coefficient (Wildman–Crippen LogP) is 1.12. The highest BCUT2D eigenvalue weighted by atomic mass is 16.6. The molecule has 2 N–H and O–H groups in total. The van der Waals surface area contributed by atoms with Crippen molar-refractivity contribution in [2.45, 2.75) is 0 Å². The number of hydrogen-bond donors (Lipinski definition) is 2. The average molecular weight is 207 g/mol. The molecule has 7 heteroatoms. The van der Waals surface area contributed by atoms with E-state index in [1.165, 1.54) is 18.3 Å². The lowest BCUT2D eigenvalue weighted by Gasteiger charge is -1.95. The molecule has 0 atom stereocenters. The van der Waals surface area contributed by atoms with Crippen LogP contribution in [-0.2, 0) is 0 Å². The van der Waals surface area contributed by atoms with Gasteiger partial charge < -0.3 is 10.1 Å². The number of fused-ring (bicyclic) bond motifs is 1. The van der Waals surface area contributed by atoms with E-state index in [0.717, 1.165) is 0 Å². The molecule has 0 amide bonds. The van der Waals surface area contributed by atoms with Gasteiger partial charge in [0.15, 0.2) is 5.69 Å². The van der Waals surface area contributed by atoms with Crippen LogP contribution in [0.5, 0.6) is 0 Å². The lowest BCUT2D eigenvalue weighted by molar-refractivity contribution is -0.385. The number of nitro groups is 1. The first-order valence-corrected chi connectivity index (χ1v) is 3.95. The van der Waals surface area contributed by atoms with Crippen LogP contribution in [0.4, 0.5) is 5.69 Å². The molecule has 76 valence electrons. The number of hydrogen-bond acceptors (Lipinski definition) is 4. The zero-order valence-electron chi connectivity index (χ0n) is 7.30. The maximum Gasteiger partial charge on any atom is 0.354 e. The quantitative estimate of drug-likeness (QED) is 0.566. The minimum Gasteiger partial charge on any atom is -0.477 e. The van der Waals surface area contributed by atoms with Crippen molar-refractivity contribution in [1.29, 1.82) is 0 Å². The van der Waals surface area contributed by atoms with E-state index in [-0.39, 0.29) is 11.4 Å². The number of rotatable bonds is 2. The van der Waals surface area contributed by atoms with Gasteiger partial charge in [-0.15, -0.1) is 0 Å². The summed E-state index contributed by atoms with van der Waals surface area (Å²) in [5, 5.41) is 19.1. The lowest BCUT2D eigenvalue weighted by atomic mass is 10.2. The van der Waals surface area contributed by atoms with Gasteiger partial charge in [-0.1, -0.05) is 0 Å². The fourth-order valence-corrected chi connectivity index (χ4v) is 1.22. The van der Waals surface area contributed by atoms with Crippen molar-refractivity contribution in [2.24, 2.45) is 0 Å². The first kappa shape index (κ1) is 9.13. The van der Waals surface area contributed by atoms with Crippen LogP contribution in [0.15, 0.2) is 18.3 Å². The average Bonchev–Trinajstić information content (AvgIpc) is 2.59. The van der Waals surface area contributed by atoms with Crippen LogP contribution in [0.3, 0.4) is 0 Å². The third-order valence-corrected chi connectivity index (χ3v) is 1.89. The molecule has 2 heterocycles. The van der Waals surface area contributed by atoms with Gasteiger partial charge in [0.1, 0.15) is 5.82 Å². The standard InChI is InChI=1S/C8H5N3O4/c12-8(13)6-2-4-1-5(11(14)15)3-9-7(4)10-6/h1-3H,(H,9,10)(H,12,13). The van der Waals surface area contributed by atoms with Gasteiger partial charge in [-0.2, -0.15) is 0 Å². The number of nitrogens with zero attached hydrogens (tertiary/aromatic N) is 2. The Morgan fingerprint density at radius 2 is 2.27 bits per heavy atom.